The number of pyridine rings is 1. The van der Waals surface area contributed by atoms with E-state index in [0.717, 1.165) is 5.56 Å². The van der Waals surface area contributed by atoms with Gasteiger partial charge in [-0.2, -0.15) is 0 Å². The molecule has 0 saturated carbocycles. The molecule has 0 aliphatic carbocycles. The van der Waals surface area contributed by atoms with Gasteiger partial charge in [0.15, 0.2) is 5.78 Å². The molecule has 0 saturated heterocycles. The maximum atomic E-state index is 13.5. The van der Waals surface area contributed by atoms with Crippen molar-refractivity contribution in [3.05, 3.63) is 59.7 Å². The second-order valence-corrected chi connectivity index (χ2v) is 3.84. The number of hydrogen-bond donors (Lipinski definition) is 0. The van der Waals surface area contributed by atoms with Gasteiger partial charge in [-0.1, -0.05) is 0 Å². The van der Waals surface area contributed by atoms with Crippen LogP contribution in [0, 0.1) is 5.82 Å². The maximum absolute atomic E-state index is 13.5. The normalized spacial score (nSPS) is 10.1. The van der Waals surface area contributed by atoms with Gasteiger partial charge in [0.25, 0.3) is 0 Å². The number of nitrogens with zero attached hydrogens (tertiary/aromatic N) is 1. The van der Waals surface area contributed by atoms with Crippen LogP contribution < -0.4 is 4.74 Å². The van der Waals surface area contributed by atoms with Gasteiger partial charge in [-0.15, -0.1) is 0 Å². The first-order valence-corrected chi connectivity index (χ1v) is 5.49. The van der Waals surface area contributed by atoms with Crippen LogP contribution in [0.2, 0.25) is 0 Å². The first kappa shape index (κ1) is 12.2. The molecule has 0 unspecified atom stereocenters. The fourth-order valence-electron chi connectivity index (χ4n) is 1.52. The number of rotatable bonds is 4. The smallest absolute Gasteiger partial charge is 0.162 e. The summed E-state index contributed by atoms with van der Waals surface area (Å²) in [5.41, 5.74) is 1.02. The Morgan fingerprint density at radius 2 is 2.00 bits per heavy atom. The average Bonchev–Trinajstić information content (AvgIpc) is 2.37. The number of Topliss-reactive ketones (excluding diaryl/α,β-unsaturated/α-hetero) is 1. The first-order valence-electron chi connectivity index (χ1n) is 5.49. The molecule has 1 aromatic carbocycles. The van der Waals surface area contributed by atoms with Gasteiger partial charge in [-0.25, -0.2) is 4.39 Å². The minimum atomic E-state index is -0.560. The van der Waals surface area contributed by atoms with Gasteiger partial charge in [0.2, 0.25) is 0 Å². The summed E-state index contributed by atoms with van der Waals surface area (Å²) in [6, 6.07) is 7.87. The Kier molecular flexibility index (Phi) is 3.67. The lowest BCUT2D eigenvalue weighted by atomic mass is 10.1. The molecule has 3 nitrogen and oxygen atoms in total. The van der Waals surface area contributed by atoms with Gasteiger partial charge in [0, 0.05) is 18.5 Å². The van der Waals surface area contributed by atoms with E-state index in [1.165, 1.54) is 19.1 Å². The summed E-state index contributed by atoms with van der Waals surface area (Å²) in [5.74, 6) is -0.461. The Balaban J connectivity index is 2.07. The highest BCUT2D eigenvalue weighted by atomic mass is 19.1. The number of carbonyl (C=O) groups excluding carboxylic acids is 1. The van der Waals surface area contributed by atoms with E-state index in [4.69, 9.17) is 4.74 Å². The minimum absolute atomic E-state index is 0.0752. The summed E-state index contributed by atoms with van der Waals surface area (Å²) in [5, 5.41) is 0. The van der Waals surface area contributed by atoms with E-state index in [9.17, 15) is 9.18 Å². The number of hydrogen-bond acceptors (Lipinski definition) is 3. The number of benzene rings is 1. The topological polar surface area (TPSA) is 39.2 Å². The Bertz CT molecular complexity index is 555. The second kappa shape index (κ2) is 5.40. The predicted octanol–water partition coefficient (Wildman–Crippen LogP) is 3.00. The molecule has 18 heavy (non-hydrogen) atoms. The van der Waals surface area contributed by atoms with Gasteiger partial charge in [0.1, 0.15) is 18.2 Å². The van der Waals surface area contributed by atoms with Crippen molar-refractivity contribution < 1.29 is 13.9 Å². The van der Waals surface area contributed by atoms with Crippen molar-refractivity contribution in [1.29, 1.82) is 0 Å². The lowest BCUT2D eigenvalue weighted by Crippen LogP contribution is -1.99. The van der Waals surface area contributed by atoms with E-state index >= 15 is 0 Å². The van der Waals surface area contributed by atoms with Crippen molar-refractivity contribution in [2.75, 3.05) is 0 Å². The van der Waals surface area contributed by atoms with E-state index in [1.807, 2.05) is 12.1 Å². The highest BCUT2D eigenvalue weighted by molar-refractivity contribution is 5.94. The van der Waals surface area contributed by atoms with Crippen LogP contribution in [0.3, 0.4) is 0 Å². The zero-order valence-corrected chi connectivity index (χ0v) is 9.89. The van der Waals surface area contributed by atoms with Crippen LogP contribution in [0.4, 0.5) is 4.39 Å². The average molecular weight is 245 g/mol. The largest absolute Gasteiger partial charge is 0.489 e. The number of carbonyl (C=O) groups is 1. The molecule has 1 heterocycles. The van der Waals surface area contributed by atoms with Gasteiger partial charge in [0.05, 0.1) is 5.56 Å². The SMILES string of the molecule is CC(=O)c1ccc(OCc2ccncc2)cc1F. The molecule has 0 aliphatic rings. The quantitative estimate of drug-likeness (QED) is 0.777. The van der Waals surface area contributed by atoms with Crippen molar-refractivity contribution in [2.24, 2.45) is 0 Å². The molecule has 0 amide bonds. The van der Waals surface area contributed by atoms with Gasteiger partial charge >= 0.3 is 0 Å². The van der Waals surface area contributed by atoms with Crippen LogP contribution in [0.1, 0.15) is 22.8 Å². The molecule has 1 aromatic heterocycles. The minimum Gasteiger partial charge on any atom is -0.489 e. The number of aromatic nitrogens is 1. The molecule has 0 fully saturated rings. The third-order valence-electron chi connectivity index (χ3n) is 2.47. The molecule has 0 bridgehead atoms. The summed E-state index contributed by atoms with van der Waals surface area (Å²) >= 11 is 0. The first-order chi connectivity index (χ1) is 8.66. The summed E-state index contributed by atoms with van der Waals surface area (Å²) in [4.78, 5) is 15.0. The van der Waals surface area contributed by atoms with Crippen LogP contribution in [-0.2, 0) is 6.61 Å². The maximum Gasteiger partial charge on any atom is 0.162 e. The van der Waals surface area contributed by atoms with E-state index < -0.39 is 5.82 Å². The fraction of sp³-hybridized carbons (Fsp3) is 0.143. The summed E-state index contributed by atoms with van der Waals surface area (Å²) in [7, 11) is 0. The molecular weight excluding hydrogens is 233 g/mol. The van der Waals surface area contributed by atoms with Crippen molar-refractivity contribution in [3.63, 3.8) is 0 Å². The molecule has 0 spiro atoms. The van der Waals surface area contributed by atoms with Crippen molar-refractivity contribution in [2.45, 2.75) is 13.5 Å². The predicted molar refractivity (Wildman–Crippen MR) is 65.0 cm³/mol. The molecule has 2 rings (SSSR count). The van der Waals surface area contributed by atoms with Crippen molar-refractivity contribution in [3.8, 4) is 5.75 Å². The van der Waals surface area contributed by atoms with Crippen LogP contribution in [0.15, 0.2) is 42.7 Å². The Hall–Kier alpha value is -2.23. The molecule has 0 radical (unpaired) electrons. The third-order valence-corrected chi connectivity index (χ3v) is 2.47. The highest BCUT2D eigenvalue weighted by Gasteiger charge is 2.08. The molecule has 2 aromatic rings. The lowest BCUT2D eigenvalue weighted by Gasteiger charge is -2.07. The van der Waals surface area contributed by atoms with E-state index in [0.29, 0.717) is 12.4 Å². The van der Waals surface area contributed by atoms with Crippen molar-refractivity contribution >= 4 is 5.78 Å². The van der Waals surface area contributed by atoms with Gasteiger partial charge in [-0.3, -0.25) is 9.78 Å². The lowest BCUT2D eigenvalue weighted by molar-refractivity contribution is 0.101. The number of halogens is 1. The molecule has 4 heteroatoms. The Morgan fingerprint density at radius 3 is 2.61 bits per heavy atom. The van der Waals surface area contributed by atoms with E-state index in [1.54, 1.807) is 18.5 Å². The van der Waals surface area contributed by atoms with Crippen LogP contribution in [0.25, 0.3) is 0 Å². The zero-order valence-electron chi connectivity index (χ0n) is 9.89. The zero-order chi connectivity index (χ0) is 13.0. The molecule has 0 atom stereocenters. The summed E-state index contributed by atoms with van der Waals surface area (Å²) in [6.07, 6.45) is 3.33. The Morgan fingerprint density at radius 1 is 1.28 bits per heavy atom. The standard InChI is InChI=1S/C14H12FNO2/c1-10(17)13-3-2-12(8-14(13)15)18-9-11-4-6-16-7-5-11/h2-8H,9H2,1H3. The fourth-order valence-corrected chi connectivity index (χ4v) is 1.52. The summed E-state index contributed by atoms with van der Waals surface area (Å²) < 4.78 is 18.9. The van der Waals surface area contributed by atoms with Crippen LogP contribution in [-0.4, -0.2) is 10.8 Å². The van der Waals surface area contributed by atoms with Gasteiger partial charge in [-0.05, 0) is 36.8 Å². The van der Waals surface area contributed by atoms with Crippen LogP contribution in [0.5, 0.6) is 5.75 Å². The second-order valence-electron chi connectivity index (χ2n) is 3.84. The molecule has 0 aliphatic heterocycles. The van der Waals surface area contributed by atoms with Crippen LogP contribution >= 0.6 is 0 Å². The highest BCUT2D eigenvalue weighted by Crippen LogP contribution is 2.18. The third kappa shape index (κ3) is 2.91. The molecule has 92 valence electrons. The number of ether oxygens (including phenoxy) is 1. The molecule has 0 N–H and O–H groups in total. The molecular formula is C14H12FNO2. The van der Waals surface area contributed by atoms with E-state index in [-0.39, 0.29) is 11.3 Å². The van der Waals surface area contributed by atoms with Gasteiger partial charge < -0.3 is 4.74 Å². The van der Waals surface area contributed by atoms with E-state index in [2.05, 4.69) is 4.98 Å². The summed E-state index contributed by atoms with van der Waals surface area (Å²) in [6.45, 7) is 1.66. The monoisotopic (exact) mass is 245 g/mol. The Labute approximate surface area is 104 Å². The number of ketones is 1. The van der Waals surface area contributed by atoms with Crippen molar-refractivity contribution in [1.82, 2.24) is 4.98 Å².